The van der Waals surface area contributed by atoms with Crippen LogP contribution in [0.15, 0.2) is 85.1 Å². The number of aromatic nitrogens is 2. The molecule has 5 rings (SSSR count). The Morgan fingerprint density at radius 2 is 1.56 bits per heavy atom. The van der Waals surface area contributed by atoms with Gasteiger partial charge in [-0.15, -0.1) is 0 Å². The van der Waals surface area contributed by atoms with Crippen molar-refractivity contribution in [3.63, 3.8) is 0 Å². The highest BCUT2D eigenvalue weighted by molar-refractivity contribution is 7.82. The molecule has 1 aliphatic rings. The first-order valence-electron chi connectivity index (χ1n) is 12.6. The number of nitrogens with zero attached hydrogens (tertiary/aromatic N) is 4. The normalized spacial score (nSPS) is 15.8. The molecule has 1 saturated heterocycles. The first kappa shape index (κ1) is 24.6. The molecule has 1 fully saturated rings. The molecule has 36 heavy (non-hydrogen) atoms. The van der Waals surface area contributed by atoms with Crippen molar-refractivity contribution in [2.45, 2.75) is 12.8 Å². The Labute approximate surface area is 216 Å². The Bertz CT molecular complexity index is 1250. The van der Waals surface area contributed by atoms with Crippen molar-refractivity contribution in [1.29, 1.82) is 0 Å². The zero-order valence-electron chi connectivity index (χ0n) is 20.7. The number of nitrogens with one attached hydrogen (secondary N) is 1. The Balaban J connectivity index is 1.12. The molecule has 2 aromatic heterocycles. The summed E-state index contributed by atoms with van der Waals surface area (Å²) in [5.74, 6) is 1.63. The molecule has 3 heterocycles. The van der Waals surface area contributed by atoms with Gasteiger partial charge in [0.1, 0.15) is 5.82 Å². The Kier molecular flexibility index (Phi) is 8.01. The topological polar surface area (TPSA) is 61.4 Å². The largest absolute Gasteiger partial charge is 0.369 e. The summed E-state index contributed by atoms with van der Waals surface area (Å²) in [6.07, 6.45) is 1.81. The molecule has 1 unspecified atom stereocenters. The van der Waals surface area contributed by atoms with Crippen LogP contribution in [0.3, 0.4) is 0 Å². The van der Waals surface area contributed by atoms with E-state index in [1.807, 2.05) is 31.2 Å². The van der Waals surface area contributed by atoms with Crippen LogP contribution in [-0.4, -0.2) is 68.4 Å². The summed E-state index contributed by atoms with van der Waals surface area (Å²) in [6, 6.07) is 26.9. The molecule has 4 aromatic rings. The minimum absolute atomic E-state index is 0.129. The van der Waals surface area contributed by atoms with Gasteiger partial charge in [-0.25, -0.2) is 13.5 Å². The maximum Gasteiger partial charge on any atom is 0.126 e. The van der Waals surface area contributed by atoms with Gasteiger partial charge in [0.05, 0.1) is 16.5 Å². The molecule has 1 N–H and O–H groups in total. The fourth-order valence-corrected chi connectivity index (χ4v) is 6.25. The van der Waals surface area contributed by atoms with Gasteiger partial charge in [-0.1, -0.05) is 60.7 Å². The lowest BCUT2D eigenvalue weighted by molar-refractivity contribution is 0.198. The molecule has 6 nitrogen and oxygen atoms in total. The van der Waals surface area contributed by atoms with E-state index in [1.54, 1.807) is 6.20 Å². The number of pyridine rings is 2. The van der Waals surface area contributed by atoms with Crippen LogP contribution in [0.25, 0.3) is 10.9 Å². The van der Waals surface area contributed by atoms with Gasteiger partial charge in [-0.05, 0) is 36.2 Å². The van der Waals surface area contributed by atoms with E-state index in [-0.39, 0.29) is 5.92 Å². The van der Waals surface area contributed by atoms with Crippen molar-refractivity contribution in [3.05, 3.63) is 102 Å². The minimum atomic E-state index is -1.03. The van der Waals surface area contributed by atoms with Crippen molar-refractivity contribution in [2.24, 2.45) is 0 Å². The summed E-state index contributed by atoms with van der Waals surface area (Å²) in [6.45, 7) is 7.26. The number of piperazine rings is 1. The van der Waals surface area contributed by atoms with Crippen LogP contribution in [0.1, 0.15) is 22.7 Å². The predicted molar refractivity (Wildman–Crippen MR) is 149 cm³/mol. The van der Waals surface area contributed by atoms with Crippen molar-refractivity contribution in [2.75, 3.05) is 50.3 Å². The van der Waals surface area contributed by atoms with Gasteiger partial charge in [0.15, 0.2) is 0 Å². The lowest BCUT2D eigenvalue weighted by atomic mass is 9.93. The molecule has 0 bridgehead atoms. The third-order valence-electron chi connectivity index (χ3n) is 6.88. The van der Waals surface area contributed by atoms with Crippen LogP contribution in [-0.2, 0) is 11.0 Å². The maximum atomic E-state index is 13.4. The quantitative estimate of drug-likeness (QED) is 0.368. The first-order chi connectivity index (χ1) is 17.7. The Morgan fingerprint density at radius 1 is 0.889 bits per heavy atom. The van der Waals surface area contributed by atoms with Gasteiger partial charge < -0.3 is 5.32 Å². The fourth-order valence-electron chi connectivity index (χ4n) is 4.80. The highest BCUT2D eigenvalue weighted by atomic mass is 32.2. The monoisotopic (exact) mass is 499 g/mol. The van der Waals surface area contributed by atoms with Gasteiger partial charge in [-0.2, -0.15) is 0 Å². The van der Waals surface area contributed by atoms with Crippen LogP contribution in [0.5, 0.6) is 0 Å². The molecule has 0 radical (unpaired) electrons. The lowest BCUT2D eigenvalue weighted by Crippen LogP contribution is -2.48. The number of hydrogen-bond acceptors (Lipinski definition) is 5. The summed E-state index contributed by atoms with van der Waals surface area (Å²) in [5, 5.41) is 4.54. The second-order valence-corrected chi connectivity index (χ2v) is 10.7. The van der Waals surface area contributed by atoms with Gasteiger partial charge in [0, 0.05) is 68.2 Å². The second kappa shape index (κ2) is 11.7. The third-order valence-corrected chi connectivity index (χ3v) is 8.44. The molecule has 0 spiro atoms. The van der Waals surface area contributed by atoms with E-state index in [0.29, 0.717) is 5.75 Å². The molecule has 0 saturated carbocycles. The zero-order chi connectivity index (χ0) is 24.7. The predicted octanol–water partition coefficient (Wildman–Crippen LogP) is 4.46. The summed E-state index contributed by atoms with van der Waals surface area (Å²) in [4.78, 5) is 11.5. The number of anilines is 1. The molecule has 186 valence electrons. The van der Waals surface area contributed by atoms with Crippen LogP contribution in [0.2, 0.25) is 0 Å². The van der Waals surface area contributed by atoms with E-state index in [2.05, 4.69) is 74.1 Å². The Morgan fingerprint density at radius 3 is 2.22 bits per heavy atom. The summed E-state index contributed by atoms with van der Waals surface area (Å²) in [5.41, 5.74) is 4.40. The minimum Gasteiger partial charge on any atom is -0.369 e. The SMILES string of the molecule is Cc1nccc2nc(NCCN3CCN(S(=O)CC(c4ccccc4)c4ccccc4)CC3)ccc12. The molecular weight excluding hydrogens is 466 g/mol. The lowest BCUT2D eigenvalue weighted by Gasteiger charge is -2.34. The number of benzene rings is 2. The molecular formula is C29H33N5OS. The van der Waals surface area contributed by atoms with E-state index in [4.69, 9.17) is 4.98 Å². The molecule has 0 amide bonds. The maximum absolute atomic E-state index is 13.4. The first-order valence-corrected chi connectivity index (χ1v) is 13.9. The van der Waals surface area contributed by atoms with Crippen molar-refractivity contribution < 1.29 is 4.21 Å². The van der Waals surface area contributed by atoms with Crippen molar-refractivity contribution in [1.82, 2.24) is 19.2 Å². The van der Waals surface area contributed by atoms with Gasteiger partial charge >= 0.3 is 0 Å². The average Bonchev–Trinajstić information content (AvgIpc) is 2.93. The van der Waals surface area contributed by atoms with Crippen LogP contribution in [0, 0.1) is 6.92 Å². The Hall–Kier alpha value is -3.13. The number of aryl methyl sites for hydroxylation is 1. The molecule has 2 aromatic carbocycles. The third kappa shape index (κ3) is 5.98. The molecule has 7 heteroatoms. The van der Waals surface area contributed by atoms with E-state index in [9.17, 15) is 4.21 Å². The van der Waals surface area contributed by atoms with Crippen molar-refractivity contribution in [3.8, 4) is 0 Å². The van der Waals surface area contributed by atoms with E-state index in [1.165, 1.54) is 11.1 Å². The van der Waals surface area contributed by atoms with E-state index in [0.717, 1.165) is 61.7 Å². The highest BCUT2D eigenvalue weighted by Gasteiger charge is 2.25. The summed E-state index contributed by atoms with van der Waals surface area (Å²) < 4.78 is 15.5. The molecule has 0 aliphatic carbocycles. The van der Waals surface area contributed by atoms with Crippen LogP contribution < -0.4 is 5.32 Å². The molecule has 1 aliphatic heterocycles. The fraction of sp³-hybridized carbons (Fsp3) is 0.310. The van der Waals surface area contributed by atoms with Gasteiger partial charge in [-0.3, -0.25) is 9.88 Å². The zero-order valence-corrected chi connectivity index (χ0v) is 21.5. The molecule has 1 atom stereocenters. The number of rotatable bonds is 9. The standard InChI is InChI=1S/C29H33N5OS/c1-23-26-12-13-29(32-28(26)14-15-30-23)31-16-17-33-18-20-34(21-19-33)36(35)22-27(24-8-4-2-5-9-24)25-10-6-3-7-11-25/h2-15,27H,16-22H2,1H3,(H,31,32). The van der Waals surface area contributed by atoms with E-state index < -0.39 is 11.0 Å². The summed E-state index contributed by atoms with van der Waals surface area (Å²) in [7, 11) is -1.03. The van der Waals surface area contributed by atoms with Gasteiger partial charge in [0.2, 0.25) is 0 Å². The van der Waals surface area contributed by atoms with Crippen LogP contribution >= 0.6 is 0 Å². The van der Waals surface area contributed by atoms with E-state index >= 15 is 0 Å². The highest BCUT2D eigenvalue weighted by Crippen LogP contribution is 2.26. The number of fused-ring (bicyclic) bond motifs is 1. The van der Waals surface area contributed by atoms with Gasteiger partial charge in [0.25, 0.3) is 0 Å². The van der Waals surface area contributed by atoms with Crippen molar-refractivity contribution >= 4 is 27.7 Å². The summed E-state index contributed by atoms with van der Waals surface area (Å²) >= 11 is 0. The smallest absolute Gasteiger partial charge is 0.126 e. The number of hydrogen-bond donors (Lipinski definition) is 1. The van der Waals surface area contributed by atoms with Crippen LogP contribution in [0.4, 0.5) is 5.82 Å². The average molecular weight is 500 g/mol. The second-order valence-electron chi connectivity index (χ2n) is 9.22.